The molecule has 2 atom stereocenters. The predicted molar refractivity (Wildman–Crippen MR) is 73.1 cm³/mol. The Hall–Kier alpha value is -0.660. The van der Waals surface area contributed by atoms with Crippen molar-refractivity contribution in [3.05, 3.63) is 24.4 Å². The maximum absolute atomic E-state index is 11.6. The molecule has 0 amide bonds. The van der Waals surface area contributed by atoms with Crippen LogP contribution < -0.4 is 4.90 Å². The summed E-state index contributed by atoms with van der Waals surface area (Å²) in [6.45, 7) is 0. The van der Waals surface area contributed by atoms with Crippen LogP contribution in [0.1, 0.15) is 0 Å². The molecule has 3 rings (SSSR count). The van der Waals surface area contributed by atoms with Gasteiger partial charge in [-0.3, -0.25) is 0 Å². The quantitative estimate of drug-likeness (QED) is 0.720. The fourth-order valence-corrected chi connectivity index (χ4v) is 6.58. The number of hydrogen-bond acceptors (Lipinski definition) is 5. The number of sulfone groups is 1. The van der Waals surface area contributed by atoms with Crippen LogP contribution in [0.15, 0.2) is 24.4 Å². The Morgan fingerprint density at radius 3 is 2.94 bits per heavy atom. The van der Waals surface area contributed by atoms with Crippen molar-refractivity contribution in [1.29, 1.82) is 0 Å². The highest BCUT2D eigenvalue weighted by atomic mass is 32.2. The largest absolute Gasteiger partial charge is 0.307 e. The van der Waals surface area contributed by atoms with Gasteiger partial charge in [-0.1, -0.05) is 30.0 Å². The van der Waals surface area contributed by atoms with Gasteiger partial charge in [0.1, 0.15) is 10.1 Å². The van der Waals surface area contributed by atoms with Crippen LogP contribution in [0.4, 0.5) is 5.82 Å². The predicted octanol–water partition coefficient (Wildman–Crippen LogP) is 1.09. The van der Waals surface area contributed by atoms with E-state index in [9.17, 15) is 8.42 Å². The van der Waals surface area contributed by atoms with E-state index in [1.54, 1.807) is 6.20 Å². The molecule has 17 heavy (non-hydrogen) atoms. The summed E-state index contributed by atoms with van der Waals surface area (Å²) in [5.41, 5.74) is 0. The first-order valence-electron chi connectivity index (χ1n) is 5.18. The SMILES string of the molecule is O=S1(=O)C[C@H]2SC(=S)N(c3ccccn3)[C@H]2C1. The van der Waals surface area contributed by atoms with E-state index in [2.05, 4.69) is 4.98 Å². The van der Waals surface area contributed by atoms with Gasteiger partial charge in [0.15, 0.2) is 9.84 Å². The molecule has 0 bridgehead atoms. The first kappa shape index (κ1) is 11.4. The molecule has 4 nitrogen and oxygen atoms in total. The highest BCUT2D eigenvalue weighted by Crippen LogP contribution is 2.39. The van der Waals surface area contributed by atoms with Crippen LogP contribution in [0.25, 0.3) is 0 Å². The Labute approximate surface area is 109 Å². The van der Waals surface area contributed by atoms with Crippen LogP contribution in [0, 0.1) is 0 Å². The smallest absolute Gasteiger partial charge is 0.153 e. The van der Waals surface area contributed by atoms with E-state index in [1.807, 2.05) is 23.1 Å². The van der Waals surface area contributed by atoms with E-state index in [4.69, 9.17) is 12.2 Å². The van der Waals surface area contributed by atoms with Gasteiger partial charge in [0.25, 0.3) is 0 Å². The zero-order chi connectivity index (χ0) is 12.0. The van der Waals surface area contributed by atoms with Crippen molar-refractivity contribution < 1.29 is 8.42 Å². The molecule has 1 aromatic heterocycles. The third-order valence-electron chi connectivity index (χ3n) is 2.95. The van der Waals surface area contributed by atoms with Crippen molar-refractivity contribution >= 4 is 44.0 Å². The van der Waals surface area contributed by atoms with Crippen LogP contribution in [-0.4, -0.2) is 40.5 Å². The molecule has 3 heterocycles. The third-order valence-corrected chi connectivity index (χ3v) is 6.54. The Morgan fingerprint density at radius 2 is 2.24 bits per heavy atom. The van der Waals surface area contributed by atoms with Crippen LogP contribution in [0.5, 0.6) is 0 Å². The second-order valence-corrected chi connectivity index (χ2v) is 8.15. The number of fused-ring (bicyclic) bond motifs is 1. The number of thioether (sulfide) groups is 1. The summed E-state index contributed by atoms with van der Waals surface area (Å²) in [6.07, 6.45) is 1.69. The van der Waals surface area contributed by atoms with Crippen molar-refractivity contribution in [3.8, 4) is 0 Å². The second kappa shape index (κ2) is 3.93. The number of thiocarbonyl (C=S) groups is 1. The van der Waals surface area contributed by atoms with Crippen LogP contribution in [0.3, 0.4) is 0 Å². The Balaban J connectivity index is 1.98. The molecular formula is C10H10N2O2S3. The summed E-state index contributed by atoms with van der Waals surface area (Å²) >= 11 is 6.79. The maximum atomic E-state index is 11.6. The van der Waals surface area contributed by atoms with Crippen LogP contribution in [-0.2, 0) is 9.84 Å². The van der Waals surface area contributed by atoms with Crippen molar-refractivity contribution in [2.45, 2.75) is 11.3 Å². The number of nitrogens with zero attached hydrogens (tertiary/aromatic N) is 2. The van der Waals surface area contributed by atoms with Gasteiger partial charge in [-0.15, -0.1) is 0 Å². The minimum absolute atomic E-state index is 0.0487. The van der Waals surface area contributed by atoms with Gasteiger partial charge in [-0.2, -0.15) is 0 Å². The highest BCUT2D eigenvalue weighted by Gasteiger charge is 2.48. The van der Waals surface area contributed by atoms with Crippen LogP contribution >= 0.6 is 24.0 Å². The van der Waals surface area contributed by atoms with Gasteiger partial charge in [-0.25, -0.2) is 13.4 Å². The summed E-state index contributed by atoms with van der Waals surface area (Å²) < 4.78 is 24.0. The molecule has 1 aromatic rings. The lowest BCUT2D eigenvalue weighted by atomic mass is 10.2. The highest BCUT2D eigenvalue weighted by molar-refractivity contribution is 8.24. The molecule has 0 spiro atoms. The molecule has 2 aliphatic heterocycles. The Bertz CT molecular complexity index is 558. The third kappa shape index (κ3) is 1.96. The summed E-state index contributed by atoms with van der Waals surface area (Å²) in [6, 6.07) is 5.53. The van der Waals surface area contributed by atoms with Gasteiger partial charge < -0.3 is 4.90 Å². The van der Waals surface area contributed by atoms with Crippen molar-refractivity contribution in [2.75, 3.05) is 16.4 Å². The van der Waals surface area contributed by atoms with E-state index in [-0.39, 0.29) is 22.8 Å². The van der Waals surface area contributed by atoms with E-state index < -0.39 is 9.84 Å². The molecule has 2 fully saturated rings. The molecule has 0 aromatic carbocycles. The number of hydrogen-bond donors (Lipinski definition) is 0. The molecular weight excluding hydrogens is 276 g/mol. The lowest BCUT2D eigenvalue weighted by Gasteiger charge is -2.22. The first-order chi connectivity index (χ1) is 8.07. The molecule has 2 saturated heterocycles. The Morgan fingerprint density at radius 1 is 1.41 bits per heavy atom. The average Bonchev–Trinajstić information content (AvgIpc) is 2.69. The van der Waals surface area contributed by atoms with Gasteiger partial charge in [0.2, 0.25) is 0 Å². The monoisotopic (exact) mass is 286 g/mol. The van der Waals surface area contributed by atoms with Crippen molar-refractivity contribution in [1.82, 2.24) is 4.98 Å². The molecule has 0 aliphatic carbocycles. The van der Waals surface area contributed by atoms with Gasteiger partial charge >= 0.3 is 0 Å². The average molecular weight is 286 g/mol. The lowest BCUT2D eigenvalue weighted by molar-refractivity contribution is 0.601. The standard InChI is InChI=1S/C10H10N2O2S3/c13-17(14)5-7-8(6-17)16-10(15)12(7)9-3-1-2-4-11-9/h1-4,7-8H,5-6H2/t7-,8+/m0/s1. The minimum Gasteiger partial charge on any atom is -0.307 e. The van der Waals surface area contributed by atoms with Crippen LogP contribution in [0.2, 0.25) is 0 Å². The molecule has 0 radical (unpaired) electrons. The van der Waals surface area contributed by atoms with E-state index >= 15 is 0 Å². The fourth-order valence-electron chi connectivity index (χ4n) is 2.23. The number of anilines is 1. The molecule has 0 unspecified atom stereocenters. The summed E-state index contributed by atoms with van der Waals surface area (Å²) in [7, 11) is -2.92. The van der Waals surface area contributed by atoms with Gasteiger partial charge in [-0.05, 0) is 12.1 Å². The van der Waals surface area contributed by atoms with Gasteiger partial charge in [0.05, 0.1) is 17.5 Å². The number of rotatable bonds is 1. The topological polar surface area (TPSA) is 50.3 Å². The van der Waals surface area contributed by atoms with E-state index in [0.29, 0.717) is 0 Å². The summed E-state index contributed by atoms with van der Waals surface area (Å²) in [5.74, 6) is 1.15. The first-order valence-corrected chi connectivity index (χ1v) is 8.29. The number of aromatic nitrogens is 1. The zero-order valence-corrected chi connectivity index (χ0v) is 11.3. The van der Waals surface area contributed by atoms with Crippen molar-refractivity contribution in [2.24, 2.45) is 0 Å². The molecule has 7 heteroatoms. The second-order valence-electron chi connectivity index (χ2n) is 4.12. The maximum Gasteiger partial charge on any atom is 0.153 e. The Kier molecular flexibility index (Phi) is 2.64. The fraction of sp³-hybridized carbons (Fsp3) is 0.400. The minimum atomic E-state index is -2.92. The summed E-state index contributed by atoms with van der Waals surface area (Å²) in [4.78, 5) is 6.13. The van der Waals surface area contributed by atoms with E-state index in [1.165, 1.54) is 11.8 Å². The lowest BCUT2D eigenvalue weighted by Crippen LogP contribution is -2.37. The molecule has 0 N–H and O–H groups in total. The number of pyridine rings is 1. The molecule has 0 saturated carbocycles. The van der Waals surface area contributed by atoms with E-state index in [0.717, 1.165) is 10.1 Å². The zero-order valence-electron chi connectivity index (χ0n) is 8.81. The summed E-state index contributed by atoms with van der Waals surface area (Å²) in [5, 5.41) is 0.0644. The molecule has 2 aliphatic rings. The van der Waals surface area contributed by atoms with Gasteiger partial charge in [0, 0.05) is 11.4 Å². The van der Waals surface area contributed by atoms with Crippen molar-refractivity contribution in [3.63, 3.8) is 0 Å². The molecule has 90 valence electrons. The normalized spacial score (nSPS) is 30.6.